The average Bonchev–Trinajstić information content (AvgIpc) is 2.18. The molecule has 0 amide bonds. The number of aliphatic hydroxyl groups excluding tert-OH is 1. The SMILES string of the molecule is Cc1ccc(F)cc1CNC(C)CC(C)O. The van der Waals surface area contributed by atoms with Crippen LogP contribution in [-0.2, 0) is 6.54 Å². The molecule has 1 aromatic carbocycles. The van der Waals surface area contributed by atoms with Crippen molar-refractivity contribution in [3.05, 3.63) is 35.1 Å². The summed E-state index contributed by atoms with van der Waals surface area (Å²) in [5.41, 5.74) is 2.05. The lowest BCUT2D eigenvalue weighted by Gasteiger charge is -2.16. The second-order valence-electron chi connectivity index (χ2n) is 4.44. The Hall–Kier alpha value is -0.930. The molecule has 0 saturated carbocycles. The Morgan fingerprint density at radius 1 is 1.38 bits per heavy atom. The molecule has 1 rings (SSSR count). The molecular formula is C13H20FNO. The molecule has 0 saturated heterocycles. The van der Waals surface area contributed by atoms with Gasteiger partial charge in [0.05, 0.1) is 6.10 Å². The van der Waals surface area contributed by atoms with E-state index in [-0.39, 0.29) is 18.0 Å². The third-order valence-corrected chi connectivity index (χ3v) is 2.65. The summed E-state index contributed by atoms with van der Waals surface area (Å²) >= 11 is 0. The van der Waals surface area contributed by atoms with Gasteiger partial charge in [-0.15, -0.1) is 0 Å². The van der Waals surface area contributed by atoms with E-state index in [0.717, 1.165) is 11.1 Å². The summed E-state index contributed by atoms with van der Waals surface area (Å²) in [6.45, 7) is 6.39. The number of halogens is 1. The minimum absolute atomic E-state index is 0.203. The number of hydrogen-bond donors (Lipinski definition) is 2. The van der Waals surface area contributed by atoms with Crippen LogP contribution in [0.25, 0.3) is 0 Å². The fourth-order valence-electron chi connectivity index (χ4n) is 1.71. The van der Waals surface area contributed by atoms with E-state index in [4.69, 9.17) is 0 Å². The molecule has 0 radical (unpaired) electrons. The van der Waals surface area contributed by atoms with Crippen molar-refractivity contribution in [1.29, 1.82) is 0 Å². The van der Waals surface area contributed by atoms with Gasteiger partial charge in [0.25, 0.3) is 0 Å². The number of aryl methyl sites for hydroxylation is 1. The summed E-state index contributed by atoms with van der Waals surface area (Å²) in [6, 6.07) is 5.03. The molecule has 16 heavy (non-hydrogen) atoms. The molecule has 0 aromatic heterocycles. The van der Waals surface area contributed by atoms with E-state index < -0.39 is 0 Å². The molecule has 2 unspecified atom stereocenters. The van der Waals surface area contributed by atoms with E-state index in [2.05, 4.69) is 5.32 Å². The van der Waals surface area contributed by atoms with Gasteiger partial charge in [-0.2, -0.15) is 0 Å². The molecule has 2 atom stereocenters. The Balaban J connectivity index is 2.51. The monoisotopic (exact) mass is 225 g/mol. The minimum Gasteiger partial charge on any atom is -0.393 e. The molecule has 0 spiro atoms. The van der Waals surface area contributed by atoms with Crippen molar-refractivity contribution in [2.45, 2.75) is 45.9 Å². The van der Waals surface area contributed by atoms with Crippen molar-refractivity contribution in [2.75, 3.05) is 0 Å². The molecule has 90 valence electrons. The van der Waals surface area contributed by atoms with Gasteiger partial charge in [0.15, 0.2) is 0 Å². The predicted molar refractivity (Wildman–Crippen MR) is 63.7 cm³/mol. The zero-order valence-electron chi connectivity index (χ0n) is 10.1. The lowest BCUT2D eigenvalue weighted by atomic mass is 10.1. The molecule has 0 fully saturated rings. The molecule has 2 nitrogen and oxygen atoms in total. The highest BCUT2D eigenvalue weighted by atomic mass is 19.1. The normalized spacial score (nSPS) is 14.8. The molecular weight excluding hydrogens is 205 g/mol. The van der Waals surface area contributed by atoms with Crippen molar-refractivity contribution in [3.63, 3.8) is 0 Å². The van der Waals surface area contributed by atoms with Gasteiger partial charge in [-0.1, -0.05) is 6.07 Å². The number of hydrogen-bond acceptors (Lipinski definition) is 2. The quantitative estimate of drug-likeness (QED) is 0.806. The summed E-state index contributed by atoms with van der Waals surface area (Å²) in [6.07, 6.45) is 0.394. The Labute approximate surface area is 96.5 Å². The van der Waals surface area contributed by atoms with Crippen LogP contribution in [0.5, 0.6) is 0 Å². The fraction of sp³-hybridized carbons (Fsp3) is 0.538. The third kappa shape index (κ3) is 4.29. The van der Waals surface area contributed by atoms with Crippen molar-refractivity contribution in [2.24, 2.45) is 0 Å². The molecule has 1 aromatic rings. The smallest absolute Gasteiger partial charge is 0.123 e. The topological polar surface area (TPSA) is 32.3 Å². The number of nitrogens with one attached hydrogen (secondary N) is 1. The summed E-state index contributed by atoms with van der Waals surface area (Å²) < 4.78 is 13.0. The van der Waals surface area contributed by atoms with Crippen molar-refractivity contribution < 1.29 is 9.50 Å². The molecule has 0 aliphatic heterocycles. The van der Waals surface area contributed by atoms with E-state index in [1.54, 1.807) is 19.1 Å². The molecule has 0 bridgehead atoms. The Morgan fingerprint density at radius 3 is 2.69 bits per heavy atom. The number of benzene rings is 1. The van der Waals surface area contributed by atoms with E-state index in [1.807, 2.05) is 13.8 Å². The van der Waals surface area contributed by atoms with Crippen molar-refractivity contribution in [3.8, 4) is 0 Å². The summed E-state index contributed by atoms with van der Waals surface area (Å²) in [4.78, 5) is 0. The van der Waals surface area contributed by atoms with Gasteiger partial charge in [0, 0.05) is 12.6 Å². The first-order chi connectivity index (χ1) is 7.49. The summed E-state index contributed by atoms with van der Waals surface area (Å²) in [5, 5.41) is 12.5. The third-order valence-electron chi connectivity index (χ3n) is 2.65. The van der Waals surface area contributed by atoms with Gasteiger partial charge in [0.1, 0.15) is 5.82 Å². The average molecular weight is 225 g/mol. The van der Waals surface area contributed by atoms with E-state index in [0.29, 0.717) is 13.0 Å². The van der Waals surface area contributed by atoms with E-state index in [9.17, 15) is 9.50 Å². The molecule has 0 heterocycles. The van der Waals surface area contributed by atoms with E-state index >= 15 is 0 Å². The second-order valence-corrected chi connectivity index (χ2v) is 4.44. The van der Waals surface area contributed by atoms with E-state index in [1.165, 1.54) is 6.07 Å². The first kappa shape index (κ1) is 13.1. The zero-order valence-corrected chi connectivity index (χ0v) is 10.1. The first-order valence-electron chi connectivity index (χ1n) is 5.65. The van der Waals surface area contributed by atoms with Crippen molar-refractivity contribution >= 4 is 0 Å². The van der Waals surface area contributed by atoms with Crippen LogP contribution in [0.15, 0.2) is 18.2 Å². The van der Waals surface area contributed by atoms with Crippen LogP contribution in [0.4, 0.5) is 4.39 Å². The summed E-state index contributed by atoms with van der Waals surface area (Å²) in [5.74, 6) is -0.203. The van der Waals surface area contributed by atoms with Gasteiger partial charge < -0.3 is 10.4 Å². The maximum Gasteiger partial charge on any atom is 0.123 e. The van der Waals surface area contributed by atoms with Crippen LogP contribution < -0.4 is 5.32 Å². The Kier molecular flexibility index (Phi) is 4.90. The maximum absolute atomic E-state index is 13.0. The van der Waals surface area contributed by atoms with Crippen LogP contribution >= 0.6 is 0 Å². The molecule has 0 aliphatic carbocycles. The number of aliphatic hydroxyl groups is 1. The largest absolute Gasteiger partial charge is 0.393 e. The summed E-state index contributed by atoms with van der Waals surface area (Å²) in [7, 11) is 0. The lowest BCUT2D eigenvalue weighted by Crippen LogP contribution is -2.29. The standard InChI is InChI=1S/C13H20FNO/c1-9-4-5-13(14)7-12(9)8-15-10(2)6-11(3)16/h4-5,7,10-11,15-16H,6,8H2,1-3H3. The Bertz CT molecular complexity index is 339. The highest BCUT2D eigenvalue weighted by molar-refractivity contribution is 5.26. The Morgan fingerprint density at radius 2 is 2.06 bits per heavy atom. The first-order valence-corrected chi connectivity index (χ1v) is 5.65. The van der Waals surface area contributed by atoms with Gasteiger partial charge in [-0.05, 0) is 50.5 Å². The van der Waals surface area contributed by atoms with Gasteiger partial charge in [0.2, 0.25) is 0 Å². The lowest BCUT2D eigenvalue weighted by molar-refractivity contribution is 0.170. The zero-order chi connectivity index (χ0) is 12.1. The van der Waals surface area contributed by atoms with Crippen molar-refractivity contribution in [1.82, 2.24) is 5.32 Å². The highest BCUT2D eigenvalue weighted by Crippen LogP contribution is 2.10. The minimum atomic E-state index is -0.309. The van der Waals surface area contributed by atoms with Crippen LogP contribution in [-0.4, -0.2) is 17.3 Å². The van der Waals surface area contributed by atoms with Crippen LogP contribution in [0.3, 0.4) is 0 Å². The van der Waals surface area contributed by atoms with Crippen LogP contribution in [0.2, 0.25) is 0 Å². The highest BCUT2D eigenvalue weighted by Gasteiger charge is 2.06. The van der Waals surface area contributed by atoms with Gasteiger partial charge in [-0.25, -0.2) is 4.39 Å². The molecule has 0 aliphatic rings. The predicted octanol–water partition coefficient (Wildman–Crippen LogP) is 2.38. The van der Waals surface area contributed by atoms with Crippen LogP contribution in [0, 0.1) is 12.7 Å². The number of rotatable bonds is 5. The van der Waals surface area contributed by atoms with Gasteiger partial charge >= 0.3 is 0 Å². The fourth-order valence-corrected chi connectivity index (χ4v) is 1.71. The molecule has 3 heteroatoms. The van der Waals surface area contributed by atoms with Gasteiger partial charge in [-0.3, -0.25) is 0 Å². The maximum atomic E-state index is 13.0. The molecule has 2 N–H and O–H groups in total. The second kappa shape index (κ2) is 5.97. The van der Waals surface area contributed by atoms with Crippen LogP contribution in [0.1, 0.15) is 31.4 Å².